The Hall–Kier alpha value is -1.06. The predicted molar refractivity (Wildman–Crippen MR) is 49.2 cm³/mol. The monoisotopic (exact) mass is 164 g/mol. The molecule has 11 heavy (non-hydrogen) atoms. The number of aryl methyl sites for hydroxylation is 1. The Morgan fingerprint density at radius 3 is 2.82 bits per heavy atom. The smallest absolute Gasteiger partial charge is 0.101 e. The van der Waals surface area contributed by atoms with Gasteiger partial charge in [-0.1, -0.05) is 6.07 Å². The molecule has 2 nitrogen and oxygen atoms in total. The highest BCUT2D eigenvalue weighted by Crippen LogP contribution is 2.17. The summed E-state index contributed by atoms with van der Waals surface area (Å²) >= 11 is 0. The van der Waals surface area contributed by atoms with Crippen molar-refractivity contribution in [3.05, 3.63) is 29.3 Å². The zero-order chi connectivity index (χ0) is 8.27. The van der Waals surface area contributed by atoms with Crippen LogP contribution in [0.2, 0.25) is 0 Å². The lowest BCUT2D eigenvalue weighted by Gasteiger charge is -2.01. The van der Waals surface area contributed by atoms with Gasteiger partial charge in [0.2, 0.25) is 0 Å². The second kappa shape index (κ2) is 3.37. The molecule has 1 aromatic carbocycles. The van der Waals surface area contributed by atoms with E-state index >= 15 is 0 Å². The molecule has 1 unspecified atom stereocenters. The molecule has 0 saturated carbocycles. The molecule has 1 N–H and O–H groups in total. The van der Waals surface area contributed by atoms with E-state index in [1.807, 2.05) is 25.1 Å². The average Bonchev–Trinajstić information content (AvgIpc) is 2.04. The molecule has 0 heterocycles. The number of hydrogen-bond acceptors (Lipinski definition) is 2. The Kier molecular flexibility index (Phi) is 2.46. The van der Waals surface area contributed by atoms with Gasteiger partial charge in [-0.15, -0.1) is 0 Å². The molecule has 1 aromatic rings. The summed E-state index contributed by atoms with van der Waals surface area (Å²) in [6.07, 6.45) is 0. The number of nitrogens with one attached hydrogen (secondary N) is 1. The molecule has 0 amide bonds. The third kappa shape index (κ3) is 1.69. The molecule has 0 aliphatic carbocycles. The summed E-state index contributed by atoms with van der Waals surface area (Å²) in [6, 6.07) is 7.82. The van der Waals surface area contributed by atoms with Gasteiger partial charge < -0.3 is 5.09 Å². The molecule has 56 valence electrons. The molecule has 3 heteroatoms. The van der Waals surface area contributed by atoms with Crippen LogP contribution in [0.15, 0.2) is 18.2 Å². The quantitative estimate of drug-likeness (QED) is 0.645. The van der Waals surface area contributed by atoms with E-state index in [-0.39, 0.29) is 0 Å². The van der Waals surface area contributed by atoms with Gasteiger partial charge in [0.15, 0.2) is 0 Å². The largest absolute Gasteiger partial charge is 0.368 e. The van der Waals surface area contributed by atoms with Crippen LogP contribution in [0.1, 0.15) is 11.1 Å². The van der Waals surface area contributed by atoms with Crippen molar-refractivity contribution in [3.63, 3.8) is 0 Å². The van der Waals surface area contributed by atoms with E-state index in [2.05, 4.69) is 20.5 Å². The molecule has 0 radical (unpaired) electrons. The van der Waals surface area contributed by atoms with Gasteiger partial charge in [-0.25, -0.2) is 0 Å². The van der Waals surface area contributed by atoms with E-state index in [1.54, 1.807) is 0 Å². The van der Waals surface area contributed by atoms with Crippen molar-refractivity contribution in [3.8, 4) is 6.07 Å². The van der Waals surface area contributed by atoms with E-state index in [0.29, 0.717) is 5.56 Å². The molecule has 0 spiro atoms. The number of hydrogen-bond donors (Lipinski definition) is 1. The van der Waals surface area contributed by atoms with Crippen LogP contribution in [0.3, 0.4) is 0 Å². The molecule has 0 aliphatic heterocycles. The normalized spacial score (nSPS) is 8.82. The van der Waals surface area contributed by atoms with Crippen molar-refractivity contribution in [2.45, 2.75) is 6.92 Å². The highest BCUT2D eigenvalue weighted by molar-refractivity contribution is 7.18. The van der Waals surface area contributed by atoms with Crippen molar-refractivity contribution in [2.75, 3.05) is 5.09 Å². The Bertz CT molecular complexity index is 301. The van der Waals surface area contributed by atoms with Crippen molar-refractivity contribution in [2.24, 2.45) is 0 Å². The number of anilines is 1. The minimum Gasteiger partial charge on any atom is -0.368 e. The Balaban J connectivity index is 3.19. The third-order valence-corrected chi connectivity index (χ3v) is 1.76. The van der Waals surface area contributed by atoms with Crippen LogP contribution >= 0.6 is 9.39 Å². The highest BCUT2D eigenvalue weighted by Gasteiger charge is 1.97. The summed E-state index contributed by atoms with van der Waals surface area (Å²) in [6.45, 7) is 1.97. The van der Waals surface area contributed by atoms with Crippen LogP contribution in [-0.4, -0.2) is 0 Å². The van der Waals surface area contributed by atoms with Crippen LogP contribution < -0.4 is 5.09 Å². The minimum absolute atomic E-state index is 0.681. The van der Waals surface area contributed by atoms with Gasteiger partial charge in [-0.05, 0) is 34.0 Å². The van der Waals surface area contributed by atoms with Crippen LogP contribution in [0, 0.1) is 18.3 Å². The Morgan fingerprint density at radius 1 is 1.55 bits per heavy atom. The van der Waals surface area contributed by atoms with E-state index in [1.165, 1.54) is 0 Å². The fourth-order valence-corrected chi connectivity index (χ4v) is 1.13. The fourth-order valence-electron chi connectivity index (χ4n) is 0.876. The summed E-state index contributed by atoms with van der Waals surface area (Å²) in [5, 5.41) is 11.5. The summed E-state index contributed by atoms with van der Waals surface area (Å²) in [4.78, 5) is 0. The van der Waals surface area contributed by atoms with Crippen molar-refractivity contribution < 1.29 is 0 Å². The van der Waals surface area contributed by atoms with Gasteiger partial charge >= 0.3 is 0 Å². The number of nitriles is 1. The first-order valence-corrected chi connectivity index (χ1v) is 3.83. The number of nitrogens with zero attached hydrogens (tertiary/aromatic N) is 1. The molecule has 0 aliphatic rings. The first-order valence-electron chi connectivity index (χ1n) is 3.25. The second-order valence-electron chi connectivity index (χ2n) is 2.31. The lowest BCUT2D eigenvalue weighted by atomic mass is 10.1. The summed E-state index contributed by atoms with van der Waals surface area (Å²) in [5.41, 5.74) is 2.63. The van der Waals surface area contributed by atoms with E-state index in [0.717, 1.165) is 11.3 Å². The SMILES string of the molecule is Cc1ccc(NP)c(C#N)c1. The summed E-state index contributed by atoms with van der Waals surface area (Å²) < 4.78 is 0. The predicted octanol–water partition coefficient (Wildman–Crippen LogP) is 2.07. The van der Waals surface area contributed by atoms with Crippen LogP contribution in [0.5, 0.6) is 0 Å². The van der Waals surface area contributed by atoms with Crippen molar-refractivity contribution in [1.29, 1.82) is 5.26 Å². The zero-order valence-corrected chi connectivity index (χ0v) is 7.41. The van der Waals surface area contributed by atoms with Crippen LogP contribution in [-0.2, 0) is 0 Å². The molecular formula is C8H9N2P. The van der Waals surface area contributed by atoms with Gasteiger partial charge in [0.05, 0.1) is 11.3 Å². The van der Waals surface area contributed by atoms with E-state index in [9.17, 15) is 0 Å². The molecular weight excluding hydrogens is 155 g/mol. The van der Waals surface area contributed by atoms with E-state index < -0.39 is 0 Å². The van der Waals surface area contributed by atoms with Gasteiger partial charge in [-0.3, -0.25) is 0 Å². The number of benzene rings is 1. The Labute approximate surface area is 68.5 Å². The third-order valence-electron chi connectivity index (χ3n) is 1.45. The van der Waals surface area contributed by atoms with Crippen molar-refractivity contribution >= 4 is 15.1 Å². The molecule has 0 bridgehead atoms. The van der Waals surface area contributed by atoms with Crippen LogP contribution in [0.4, 0.5) is 5.69 Å². The highest BCUT2D eigenvalue weighted by atomic mass is 31.0. The second-order valence-corrected chi connectivity index (χ2v) is 2.59. The van der Waals surface area contributed by atoms with E-state index in [4.69, 9.17) is 5.26 Å². The standard InChI is InChI=1S/C8H9N2P/c1-6-2-3-8(10-11)7(4-6)5-9/h2-4,10H,11H2,1H3. The molecule has 0 fully saturated rings. The maximum atomic E-state index is 8.67. The van der Waals surface area contributed by atoms with Crippen molar-refractivity contribution in [1.82, 2.24) is 0 Å². The van der Waals surface area contributed by atoms with Gasteiger partial charge in [0, 0.05) is 0 Å². The average molecular weight is 164 g/mol. The lowest BCUT2D eigenvalue weighted by molar-refractivity contribution is 1.42. The topological polar surface area (TPSA) is 35.8 Å². The molecule has 1 atom stereocenters. The van der Waals surface area contributed by atoms with Gasteiger partial charge in [-0.2, -0.15) is 5.26 Å². The zero-order valence-electron chi connectivity index (χ0n) is 6.26. The molecule has 0 saturated heterocycles. The maximum Gasteiger partial charge on any atom is 0.101 e. The van der Waals surface area contributed by atoms with Gasteiger partial charge in [0.25, 0.3) is 0 Å². The Morgan fingerprint density at radius 2 is 2.27 bits per heavy atom. The maximum absolute atomic E-state index is 8.67. The number of rotatable bonds is 1. The first-order chi connectivity index (χ1) is 5.27. The summed E-state index contributed by atoms with van der Waals surface area (Å²) in [5.74, 6) is 0. The summed E-state index contributed by atoms with van der Waals surface area (Å²) in [7, 11) is 2.37. The minimum atomic E-state index is 0.681. The molecule has 0 aromatic heterocycles. The van der Waals surface area contributed by atoms with Gasteiger partial charge in [0.1, 0.15) is 6.07 Å². The molecule has 1 rings (SSSR count). The lowest BCUT2D eigenvalue weighted by Crippen LogP contribution is -1.85. The van der Waals surface area contributed by atoms with Crippen LogP contribution in [0.25, 0.3) is 0 Å². The first kappa shape index (κ1) is 8.04. The fraction of sp³-hybridized carbons (Fsp3) is 0.125.